The molecule has 0 saturated carbocycles. The predicted octanol–water partition coefficient (Wildman–Crippen LogP) is 6.69. The quantitative estimate of drug-likeness (QED) is 0.172. The van der Waals surface area contributed by atoms with Gasteiger partial charge in [-0.15, -0.1) is 0 Å². The van der Waals surface area contributed by atoms with Gasteiger partial charge in [0.05, 0.1) is 12.2 Å². The van der Waals surface area contributed by atoms with E-state index in [1.54, 1.807) is 30.3 Å². The Morgan fingerprint density at radius 3 is 2.65 bits per heavy atom. The number of benzene rings is 3. The molecule has 0 unspecified atom stereocenters. The molecule has 4 nitrogen and oxygen atoms in total. The number of rotatable bonds is 9. The summed E-state index contributed by atoms with van der Waals surface area (Å²) in [5.41, 5.74) is 1.27. The number of allylic oxidation sites excluding steroid dienone is 2. The van der Waals surface area contributed by atoms with Gasteiger partial charge in [0, 0.05) is 0 Å². The maximum absolute atomic E-state index is 14.3. The fraction of sp³-hybridized carbons (Fsp3) is 0.200. The SMILES string of the molecule is O=Cc1c(OCCCC/C=C/C(F)(F)c2nc3ccccc3o2)ccc2ccccc12. The number of hydrogen-bond acceptors (Lipinski definition) is 4. The van der Waals surface area contributed by atoms with Gasteiger partial charge in [-0.1, -0.05) is 48.5 Å². The van der Waals surface area contributed by atoms with Crippen LogP contribution >= 0.6 is 0 Å². The summed E-state index contributed by atoms with van der Waals surface area (Å²) < 4.78 is 39.5. The summed E-state index contributed by atoms with van der Waals surface area (Å²) in [6, 6.07) is 18.0. The Bertz CT molecular complexity index is 1200. The van der Waals surface area contributed by atoms with Crippen LogP contribution in [0.3, 0.4) is 0 Å². The molecule has 0 aliphatic rings. The van der Waals surface area contributed by atoms with Gasteiger partial charge in [0.15, 0.2) is 11.9 Å². The fourth-order valence-corrected chi connectivity index (χ4v) is 3.39. The number of alkyl halides is 2. The van der Waals surface area contributed by atoms with Crippen LogP contribution in [0.1, 0.15) is 35.5 Å². The molecule has 0 aliphatic carbocycles. The first kappa shape index (κ1) is 20.7. The summed E-state index contributed by atoms with van der Waals surface area (Å²) in [7, 11) is 0. The molecule has 0 bridgehead atoms. The molecule has 0 radical (unpaired) electrons. The van der Waals surface area contributed by atoms with E-state index in [4.69, 9.17) is 9.15 Å². The van der Waals surface area contributed by atoms with Gasteiger partial charge in [0.2, 0.25) is 0 Å². The average molecular weight is 421 g/mol. The highest BCUT2D eigenvalue weighted by Crippen LogP contribution is 2.31. The molecule has 0 saturated heterocycles. The minimum atomic E-state index is -3.26. The van der Waals surface area contributed by atoms with Gasteiger partial charge in [0.1, 0.15) is 11.3 Å². The number of carbonyl (C=O) groups is 1. The van der Waals surface area contributed by atoms with E-state index in [-0.39, 0.29) is 0 Å². The number of unbranched alkanes of at least 4 members (excludes halogenated alkanes) is 2. The van der Waals surface area contributed by atoms with Crippen LogP contribution < -0.4 is 4.74 Å². The van der Waals surface area contributed by atoms with Gasteiger partial charge >= 0.3 is 5.92 Å². The van der Waals surface area contributed by atoms with Crippen molar-refractivity contribution in [2.45, 2.75) is 25.2 Å². The minimum absolute atomic E-state index is 0.339. The summed E-state index contributed by atoms with van der Waals surface area (Å²) in [5, 5.41) is 1.82. The molecule has 0 fully saturated rings. The van der Waals surface area contributed by atoms with Crippen molar-refractivity contribution in [1.29, 1.82) is 0 Å². The van der Waals surface area contributed by atoms with Crippen LogP contribution in [-0.2, 0) is 5.92 Å². The molecule has 4 rings (SSSR count). The number of fused-ring (bicyclic) bond motifs is 2. The second kappa shape index (κ2) is 9.08. The van der Waals surface area contributed by atoms with Crippen molar-refractivity contribution in [2.75, 3.05) is 6.61 Å². The van der Waals surface area contributed by atoms with E-state index in [9.17, 15) is 13.6 Å². The van der Waals surface area contributed by atoms with Crippen molar-refractivity contribution >= 4 is 28.2 Å². The molecular formula is C25H21F2NO3. The molecule has 0 N–H and O–H groups in total. The number of para-hydroxylation sites is 2. The van der Waals surface area contributed by atoms with E-state index in [2.05, 4.69) is 4.98 Å². The number of carbonyl (C=O) groups excluding carboxylic acids is 1. The molecule has 158 valence electrons. The van der Waals surface area contributed by atoms with Gasteiger partial charge in [-0.3, -0.25) is 4.79 Å². The molecule has 0 atom stereocenters. The highest BCUT2D eigenvalue weighted by atomic mass is 19.3. The lowest BCUT2D eigenvalue weighted by atomic mass is 10.0. The van der Waals surface area contributed by atoms with E-state index < -0.39 is 11.8 Å². The average Bonchev–Trinajstić information content (AvgIpc) is 3.23. The zero-order chi connectivity index (χ0) is 21.7. The number of oxazole rings is 1. The molecule has 0 spiro atoms. The van der Waals surface area contributed by atoms with E-state index in [1.165, 1.54) is 6.08 Å². The second-order valence-electron chi connectivity index (χ2n) is 7.17. The maximum Gasteiger partial charge on any atom is 0.340 e. The zero-order valence-corrected chi connectivity index (χ0v) is 16.8. The Balaban J connectivity index is 1.28. The minimum Gasteiger partial charge on any atom is -0.493 e. The fourth-order valence-electron chi connectivity index (χ4n) is 3.39. The standard InChI is InChI=1S/C25H21F2NO3/c26-25(27,24-28-21-11-5-6-12-23(21)31-24)15-7-1-2-8-16-30-22-14-13-18-9-3-4-10-19(18)20(22)17-29/h3-7,9-15,17H,1-2,8,16H2/b15-7+. The third kappa shape index (κ3) is 4.63. The summed E-state index contributed by atoms with van der Waals surface area (Å²) >= 11 is 0. The first-order valence-electron chi connectivity index (χ1n) is 10.1. The number of aldehydes is 1. The topological polar surface area (TPSA) is 52.3 Å². The number of aromatic nitrogens is 1. The van der Waals surface area contributed by atoms with E-state index in [1.807, 2.05) is 30.3 Å². The highest BCUT2D eigenvalue weighted by molar-refractivity contribution is 6.00. The molecule has 0 aliphatic heterocycles. The Hall–Kier alpha value is -3.54. The van der Waals surface area contributed by atoms with Gasteiger partial charge in [-0.25, -0.2) is 4.98 Å². The molecule has 4 aromatic rings. The molecule has 1 heterocycles. The van der Waals surface area contributed by atoms with Crippen molar-refractivity contribution in [3.8, 4) is 5.75 Å². The van der Waals surface area contributed by atoms with Crippen molar-refractivity contribution in [1.82, 2.24) is 4.98 Å². The van der Waals surface area contributed by atoms with Crippen LogP contribution in [0, 0.1) is 0 Å². The van der Waals surface area contributed by atoms with Gasteiger partial charge in [0.25, 0.3) is 5.89 Å². The zero-order valence-electron chi connectivity index (χ0n) is 16.8. The number of ether oxygens (including phenoxy) is 1. The van der Waals surface area contributed by atoms with E-state index in [0.29, 0.717) is 48.3 Å². The van der Waals surface area contributed by atoms with Crippen molar-refractivity contribution < 1.29 is 22.7 Å². The van der Waals surface area contributed by atoms with Crippen molar-refractivity contribution in [3.05, 3.63) is 84.3 Å². The van der Waals surface area contributed by atoms with Crippen LogP contribution in [0.4, 0.5) is 8.78 Å². The summed E-state index contributed by atoms with van der Waals surface area (Å²) in [6.07, 6.45) is 4.87. The predicted molar refractivity (Wildman–Crippen MR) is 116 cm³/mol. The van der Waals surface area contributed by atoms with Gasteiger partial charge in [-0.2, -0.15) is 8.78 Å². The first-order chi connectivity index (χ1) is 15.1. The lowest BCUT2D eigenvalue weighted by Crippen LogP contribution is -2.09. The molecule has 6 heteroatoms. The smallest absolute Gasteiger partial charge is 0.340 e. The molecule has 1 aromatic heterocycles. The van der Waals surface area contributed by atoms with Gasteiger partial charge < -0.3 is 9.15 Å². The maximum atomic E-state index is 14.3. The Kier molecular flexibility index (Phi) is 6.07. The Morgan fingerprint density at radius 2 is 1.81 bits per heavy atom. The number of nitrogens with zero attached hydrogens (tertiary/aromatic N) is 1. The lowest BCUT2D eigenvalue weighted by Gasteiger charge is -2.10. The second-order valence-corrected chi connectivity index (χ2v) is 7.17. The highest BCUT2D eigenvalue weighted by Gasteiger charge is 2.34. The summed E-state index contributed by atoms with van der Waals surface area (Å²) in [5.74, 6) is -3.34. The normalized spacial score (nSPS) is 12.1. The largest absolute Gasteiger partial charge is 0.493 e. The molecular weight excluding hydrogens is 400 g/mol. The van der Waals surface area contributed by atoms with E-state index >= 15 is 0 Å². The first-order valence-corrected chi connectivity index (χ1v) is 10.1. The summed E-state index contributed by atoms with van der Waals surface area (Å²) in [4.78, 5) is 15.4. The van der Waals surface area contributed by atoms with Crippen LogP contribution in [-0.4, -0.2) is 17.9 Å². The van der Waals surface area contributed by atoms with Crippen molar-refractivity contribution in [3.63, 3.8) is 0 Å². The van der Waals surface area contributed by atoms with Crippen LogP contribution in [0.15, 0.2) is 77.2 Å². The lowest BCUT2D eigenvalue weighted by molar-refractivity contribution is 0.0231. The van der Waals surface area contributed by atoms with Crippen LogP contribution in [0.5, 0.6) is 5.75 Å². The van der Waals surface area contributed by atoms with Crippen molar-refractivity contribution in [2.24, 2.45) is 0 Å². The molecule has 3 aromatic carbocycles. The molecule has 31 heavy (non-hydrogen) atoms. The molecule has 0 amide bonds. The number of hydrogen-bond donors (Lipinski definition) is 0. The third-order valence-electron chi connectivity index (χ3n) is 4.98. The monoisotopic (exact) mass is 421 g/mol. The Labute approximate surface area is 178 Å². The van der Waals surface area contributed by atoms with Crippen LogP contribution in [0.25, 0.3) is 21.9 Å². The Morgan fingerprint density at radius 1 is 1.00 bits per heavy atom. The number of halogens is 2. The van der Waals surface area contributed by atoms with Crippen LogP contribution in [0.2, 0.25) is 0 Å². The third-order valence-corrected chi connectivity index (χ3v) is 4.98. The summed E-state index contributed by atoms with van der Waals surface area (Å²) in [6.45, 7) is 0.397. The van der Waals surface area contributed by atoms with Gasteiger partial charge in [-0.05, 0) is 54.3 Å². The van der Waals surface area contributed by atoms with E-state index in [0.717, 1.165) is 23.1 Å².